The van der Waals surface area contributed by atoms with Crippen LogP contribution in [0, 0.1) is 0 Å². The van der Waals surface area contributed by atoms with Gasteiger partial charge in [0.1, 0.15) is 0 Å². The van der Waals surface area contributed by atoms with Crippen LogP contribution in [0.15, 0.2) is 22.7 Å². The third-order valence-electron chi connectivity index (χ3n) is 3.04. The summed E-state index contributed by atoms with van der Waals surface area (Å²) < 4.78 is 39.2. The lowest BCUT2D eigenvalue weighted by Crippen LogP contribution is -2.25. The summed E-state index contributed by atoms with van der Waals surface area (Å²) in [5.74, 6) is 0. The van der Waals surface area contributed by atoms with Crippen molar-refractivity contribution in [1.82, 2.24) is 4.90 Å². The van der Waals surface area contributed by atoms with Crippen molar-refractivity contribution in [2.45, 2.75) is 18.6 Å². The molecule has 18 heavy (non-hydrogen) atoms. The molecular weight excluding hydrogens is 309 g/mol. The maximum Gasteiger partial charge on any atom is 0.418 e. The molecule has 2 rings (SSSR count). The molecule has 0 saturated carbocycles. The zero-order valence-corrected chi connectivity index (χ0v) is 11.5. The van der Waals surface area contributed by atoms with Crippen LogP contribution in [0.3, 0.4) is 0 Å². The first kappa shape index (κ1) is 13.7. The molecule has 6 heteroatoms. The number of nitrogens with zero attached hydrogens (tertiary/aromatic N) is 1. The summed E-state index contributed by atoms with van der Waals surface area (Å²) in [5.41, 5.74) is -0.461. The minimum absolute atomic E-state index is 0.0808. The normalized spacial score (nSPS) is 21.3. The van der Waals surface area contributed by atoms with E-state index in [2.05, 4.69) is 26.1 Å². The molecule has 0 amide bonds. The van der Waals surface area contributed by atoms with Crippen molar-refractivity contribution in [3.8, 4) is 0 Å². The number of benzene rings is 1. The third kappa shape index (κ3) is 3.17. The summed E-state index contributed by atoms with van der Waals surface area (Å²) in [6, 6.07) is 4.29. The molecule has 100 valence electrons. The summed E-state index contributed by atoms with van der Waals surface area (Å²) in [5, 5.41) is 2.99. The molecule has 1 aliphatic rings. The first-order valence-corrected chi connectivity index (χ1v) is 6.47. The Bertz CT molecular complexity index is 434. The zero-order chi connectivity index (χ0) is 13.3. The minimum atomic E-state index is -4.34. The molecule has 0 aromatic heterocycles. The lowest BCUT2D eigenvalue weighted by molar-refractivity contribution is -0.137. The highest BCUT2D eigenvalue weighted by molar-refractivity contribution is 9.10. The van der Waals surface area contributed by atoms with Crippen LogP contribution in [0.4, 0.5) is 18.9 Å². The van der Waals surface area contributed by atoms with Crippen LogP contribution in [0.5, 0.6) is 0 Å². The number of anilines is 1. The fourth-order valence-electron chi connectivity index (χ4n) is 2.15. The van der Waals surface area contributed by atoms with Gasteiger partial charge in [0.25, 0.3) is 0 Å². The standard InChI is InChI=1S/C12H14BrF3N2/c1-18-5-4-9(7-18)17-11-3-2-8(13)6-10(11)12(14,15)16/h2-3,6,9,17H,4-5,7H2,1H3. The molecule has 1 fully saturated rings. The second kappa shape index (κ2) is 5.09. The van der Waals surface area contributed by atoms with Gasteiger partial charge in [0.2, 0.25) is 0 Å². The number of hydrogen-bond acceptors (Lipinski definition) is 2. The van der Waals surface area contributed by atoms with E-state index in [1.54, 1.807) is 6.07 Å². The summed E-state index contributed by atoms with van der Waals surface area (Å²) in [6.07, 6.45) is -3.47. The van der Waals surface area contributed by atoms with Gasteiger partial charge in [-0.15, -0.1) is 0 Å². The molecule has 1 atom stereocenters. The van der Waals surface area contributed by atoms with E-state index in [0.29, 0.717) is 4.47 Å². The molecule has 0 aliphatic carbocycles. The smallest absolute Gasteiger partial charge is 0.380 e. The highest BCUT2D eigenvalue weighted by Gasteiger charge is 2.34. The van der Waals surface area contributed by atoms with E-state index in [1.165, 1.54) is 6.07 Å². The van der Waals surface area contributed by atoms with Crippen LogP contribution in [-0.4, -0.2) is 31.1 Å². The highest BCUT2D eigenvalue weighted by atomic mass is 79.9. The number of nitrogens with one attached hydrogen (secondary N) is 1. The zero-order valence-electron chi connectivity index (χ0n) is 9.89. The Kier molecular flexibility index (Phi) is 3.87. The molecule has 1 heterocycles. The molecule has 1 aromatic rings. The van der Waals surface area contributed by atoms with Crippen LogP contribution in [0.2, 0.25) is 0 Å². The fourth-order valence-corrected chi connectivity index (χ4v) is 2.51. The van der Waals surface area contributed by atoms with E-state index >= 15 is 0 Å². The van der Waals surface area contributed by atoms with Gasteiger partial charge in [0.05, 0.1) is 5.56 Å². The Morgan fingerprint density at radius 1 is 1.39 bits per heavy atom. The number of hydrogen-bond donors (Lipinski definition) is 1. The van der Waals surface area contributed by atoms with Crippen LogP contribution in [-0.2, 0) is 6.18 Å². The second-order valence-electron chi connectivity index (χ2n) is 4.58. The van der Waals surface area contributed by atoms with Crippen molar-refractivity contribution in [2.75, 3.05) is 25.5 Å². The van der Waals surface area contributed by atoms with E-state index in [0.717, 1.165) is 25.6 Å². The monoisotopic (exact) mass is 322 g/mol. The van der Waals surface area contributed by atoms with Gasteiger partial charge in [-0.2, -0.15) is 13.2 Å². The van der Waals surface area contributed by atoms with E-state index < -0.39 is 11.7 Å². The van der Waals surface area contributed by atoms with Crippen molar-refractivity contribution < 1.29 is 13.2 Å². The van der Waals surface area contributed by atoms with E-state index in [-0.39, 0.29) is 11.7 Å². The first-order chi connectivity index (χ1) is 8.36. The molecule has 1 N–H and O–H groups in total. The van der Waals surface area contributed by atoms with Gasteiger partial charge in [-0.05, 0) is 38.2 Å². The average molecular weight is 323 g/mol. The van der Waals surface area contributed by atoms with Crippen LogP contribution in [0.25, 0.3) is 0 Å². The molecule has 1 aromatic carbocycles. The first-order valence-electron chi connectivity index (χ1n) is 5.68. The Morgan fingerprint density at radius 3 is 2.67 bits per heavy atom. The summed E-state index contributed by atoms with van der Waals surface area (Å²) in [6.45, 7) is 1.68. The molecular formula is C12H14BrF3N2. The predicted molar refractivity (Wildman–Crippen MR) is 68.7 cm³/mol. The molecule has 1 unspecified atom stereocenters. The molecule has 2 nitrogen and oxygen atoms in total. The van der Waals surface area contributed by atoms with Gasteiger partial charge in [-0.25, -0.2) is 0 Å². The number of likely N-dealkylation sites (N-methyl/N-ethyl adjacent to an activating group) is 1. The lowest BCUT2D eigenvalue weighted by Gasteiger charge is -2.19. The average Bonchev–Trinajstić information content (AvgIpc) is 2.65. The lowest BCUT2D eigenvalue weighted by atomic mass is 10.1. The molecule has 0 spiro atoms. The minimum Gasteiger partial charge on any atom is -0.380 e. The Labute approximate surface area is 112 Å². The van der Waals surface area contributed by atoms with Crippen molar-refractivity contribution in [2.24, 2.45) is 0 Å². The van der Waals surface area contributed by atoms with E-state index in [4.69, 9.17) is 0 Å². The summed E-state index contributed by atoms with van der Waals surface area (Å²) >= 11 is 3.08. The van der Waals surface area contributed by atoms with Crippen molar-refractivity contribution in [1.29, 1.82) is 0 Å². The van der Waals surface area contributed by atoms with Gasteiger partial charge in [-0.1, -0.05) is 15.9 Å². The van der Waals surface area contributed by atoms with Crippen molar-refractivity contribution in [3.63, 3.8) is 0 Å². The van der Waals surface area contributed by atoms with Crippen LogP contribution < -0.4 is 5.32 Å². The van der Waals surface area contributed by atoms with Crippen molar-refractivity contribution in [3.05, 3.63) is 28.2 Å². The Morgan fingerprint density at radius 2 is 2.11 bits per heavy atom. The van der Waals surface area contributed by atoms with Crippen molar-refractivity contribution >= 4 is 21.6 Å². The second-order valence-corrected chi connectivity index (χ2v) is 5.50. The fraction of sp³-hybridized carbons (Fsp3) is 0.500. The predicted octanol–water partition coefficient (Wildman–Crippen LogP) is 3.58. The maximum absolute atomic E-state index is 12.9. The SMILES string of the molecule is CN1CCC(Nc2ccc(Br)cc2C(F)(F)F)C1. The molecule has 1 saturated heterocycles. The number of rotatable bonds is 2. The van der Waals surface area contributed by atoms with E-state index in [1.807, 2.05) is 7.05 Å². The Balaban J connectivity index is 2.22. The third-order valence-corrected chi connectivity index (χ3v) is 3.53. The highest BCUT2D eigenvalue weighted by Crippen LogP contribution is 2.37. The quantitative estimate of drug-likeness (QED) is 0.895. The number of alkyl halides is 3. The van der Waals surface area contributed by atoms with Gasteiger partial charge < -0.3 is 10.2 Å². The van der Waals surface area contributed by atoms with Gasteiger partial charge >= 0.3 is 6.18 Å². The molecule has 1 aliphatic heterocycles. The molecule has 0 radical (unpaired) electrons. The Hall–Kier alpha value is -0.750. The number of likely N-dealkylation sites (tertiary alicyclic amines) is 1. The van der Waals surface area contributed by atoms with Gasteiger partial charge in [0, 0.05) is 22.7 Å². The maximum atomic E-state index is 12.9. The van der Waals surface area contributed by atoms with Gasteiger partial charge in [0.15, 0.2) is 0 Å². The largest absolute Gasteiger partial charge is 0.418 e. The van der Waals surface area contributed by atoms with Crippen LogP contribution >= 0.6 is 15.9 Å². The van der Waals surface area contributed by atoms with Gasteiger partial charge in [-0.3, -0.25) is 0 Å². The number of halogens is 4. The summed E-state index contributed by atoms with van der Waals surface area (Å²) in [7, 11) is 1.97. The topological polar surface area (TPSA) is 15.3 Å². The van der Waals surface area contributed by atoms with Crippen LogP contribution in [0.1, 0.15) is 12.0 Å². The summed E-state index contributed by atoms with van der Waals surface area (Å²) in [4.78, 5) is 2.10. The molecule has 0 bridgehead atoms. The van der Waals surface area contributed by atoms with E-state index in [9.17, 15) is 13.2 Å².